The number of aryl methyl sites for hydroxylation is 1. The molecule has 0 fully saturated rings. The summed E-state index contributed by atoms with van der Waals surface area (Å²) in [6.07, 6.45) is 2.88. The zero-order valence-corrected chi connectivity index (χ0v) is 9.43. The Hall–Kier alpha value is -1.98. The second kappa shape index (κ2) is 5.20. The first-order valence-corrected chi connectivity index (χ1v) is 4.65. The van der Waals surface area contributed by atoms with Crippen molar-refractivity contribution in [2.24, 2.45) is 0 Å². The van der Waals surface area contributed by atoms with Crippen molar-refractivity contribution in [3.05, 3.63) is 23.8 Å². The van der Waals surface area contributed by atoms with Crippen LogP contribution in [0.25, 0.3) is 0 Å². The normalized spacial score (nSPS) is 9.69. The van der Waals surface area contributed by atoms with Gasteiger partial charge in [-0.05, 0) is 6.92 Å². The standard InChI is InChI=1S/C10H13N3O3/c1-7-4-12-8(5-11-7)10(15)13(2)6-9(14)16-3/h4-5H,6H2,1-3H3. The molecule has 1 heterocycles. The highest BCUT2D eigenvalue weighted by Crippen LogP contribution is 1.99. The fourth-order valence-electron chi connectivity index (χ4n) is 1.03. The van der Waals surface area contributed by atoms with Gasteiger partial charge >= 0.3 is 5.97 Å². The van der Waals surface area contributed by atoms with Crippen molar-refractivity contribution in [3.8, 4) is 0 Å². The SMILES string of the molecule is COC(=O)CN(C)C(=O)c1cnc(C)cn1. The van der Waals surface area contributed by atoms with Crippen LogP contribution in [0, 0.1) is 6.92 Å². The Bertz CT molecular complexity index is 389. The molecule has 1 rings (SSSR count). The fraction of sp³-hybridized carbons (Fsp3) is 0.400. The molecule has 0 aromatic carbocycles. The Labute approximate surface area is 93.3 Å². The summed E-state index contributed by atoms with van der Waals surface area (Å²) in [7, 11) is 2.77. The number of carbonyl (C=O) groups is 2. The van der Waals surface area contributed by atoms with Crippen LogP contribution in [-0.4, -0.2) is 47.4 Å². The van der Waals surface area contributed by atoms with Crippen molar-refractivity contribution in [1.82, 2.24) is 14.9 Å². The summed E-state index contributed by atoms with van der Waals surface area (Å²) in [5, 5.41) is 0. The monoisotopic (exact) mass is 223 g/mol. The van der Waals surface area contributed by atoms with Gasteiger partial charge in [-0.3, -0.25) is 14.6 Å². The minimum atomic E-state index is -0.476. The third-order valence-corrected chi connectivity index (χ3v) is 1.94. The molecule has 6 heteroatoms. The number of esters is 1. The van der Waals surface area contributed by atoms with Crippen LogP contribution in [0.4, 0.5) is 0 Å². The molecular weight excluding hydrogens is 210 g/mol. The summed E-state index contributed by atoms with van der Waals surface area (Å²) < 4.78 is 4.46. The number of rotatable bonds is 3. The number of nitrogens with zero attached hydrogens (tertiary/aromatic N) is 3. The van der Waals surface area contributed by atoms with Crippen molar-refractivity contribution in [2.45, 2.75) is 6.92 Å². The van der Waals surface area contributed by atoms with Gasteiger partial charge in [0.25, 0.3) is 5.91 Å². The zero-order chi connectivity index (χ0) is 12.1. The highest BCUT2D eigenvalue weighted by Gasteiger charge is 2.16. The van der Waals surface area contributed by atoms with E-state index in [-0.39, 0.29) is 18.1 Å². The third kappa shape index (κ3) is 3.01. The lowest BCUT2D eigenvalue weighted by atomic mass is 10.3. The number of ether oxygens (including phenoxy) is 1. The first-order chi connectivity index (χ1) is 7.54. The average molecular weight is 223 g/mol. The van der Waals surface area contributed by atoms with Gasteiger partial charge in [0, 0.05) is 13.2 Å². The Balaban J connectivity index is 2.70. The number of likely N-dealkylation sites (N-methyl/N-ethyl adjacent to an activating group) is 1. The van der Waals surface area contributed by atoms with Crippen LogP contribution in [0.1, 0.15) is 16.2 Å². The number of amides is 1. The Morgan fingerprint density at radius 2 is 2.06 bits per heavy atom. The van der Waals surface area contributed by atoms with E-state index in [9.17, 15) is 9.59 Å². The summed E-state index contributed by atoms with van der Waals surface area (Å²) in [6, 6.07) is 0. The number of methoxy groups -OCH3 is 1. The molecule has 0 atom stereocenters. The van der Waals surface area contributed by atoms with E-state index in [1.807, 2.05) is 0 Å². The molecule has 0 bridgehead atoms. The van der Waals surface area contributed by atoms with Crippen LogP contribution in [-0.2, 0) is 9.53 Å². The van der Waals surface area contributed by atoms with Gasteiger partial charge in [-0.1, -0.05) is 0 Å². The van der Waals surface area contributed by atoms with Gasteiger partial charge in [0.1, 0.15) is 12.2 Å². The first-order valence-electron chi connectivity index (χ1n) is 4.65. The molecule has 0 saturated carbocycles. The van der Waals surface area contributed by atoms with E-state index in [0.717, 1.165) is 5.69 Å². The number of hydrogen-bond donors (Lipinski definition) is 0. The lowest BCUT2D eigenvalue weighted by Crippen LogP contribution is -2.33. The first kappa shape index (κ1) is 12.1. The van der Waals surface area contributed by atoms with E-state index >= 15 is 0 Å². The summed E-state index contributed by atoms with van der Waals surface area (Å²) >= 11 is 0. The Kier molecular flexibility index (Phi) is 3.93. The minimum absolute atomic E-state index is 0.106. The molecular formula is C10H13N3O3. The molecule has 0 spiro atoms. The topological polar surface area (TPSA) is 72.4 Å². The van der Waals surface area contributed by atoms with E-state index in [1.165, 1.54) is 31.5 Å². The second-order valence-corrected chi connectivity index (χ2v) is 3.28. The summed E-state index contributed by atoms with van der Waals surface area (Å²) in [6.45, 7) is 1.67. The van der Waals surface area contributed by atoms with Crippen LogP contribution in [0.3, 0.4) is 0 Å². The molecule has 1 aromatic heterocycles. The second-order valence-electron chi connectivity index (χ2n) is 3.28. The largest absolute Gasteiger partial charge is 0.468 e. The fourth-order valence-corrected chi connectivity index (χ4v) is 1.03. The summed E-state index contributed by atoms with van der Waals surface area (Å²) in [5.41, 5.74) is 0.934. The molecule has 86 valence electrons. The third-order valence-electron chi connectivity index (χ3n) is 1.94. The van der Waals surface area contributed by atoms with Gasteiger partial charge < -0.3 is 9.64 Å². The van der Waals surface area contributed by atoms with Gasteiger partial charge in [0.05, 0.1) is 19.0 Å². The van der Waals surface area contributed by atoms with E-state index in [2.05, 4.69) is 14.7 Å². The van der Waals surface area contributed by atoms with Gasteiger partial charge in [0.2, 0.25) is 0 Å². The van der Waals surface area contributed by atoms with Crippen molar-refractivity contribution in [2.75, 3.05) is 20.7 Å². The quantitative estimate of drug-likeness (QED) is 0.676. The van der Waals surface area contributed by atoms with E-state index < -0.39 is 5.97 Å². The van der Waals surface area contributed by atoms with Gasteiger partial charge in [-0.2, -0.15) is 0 Å². The summed E-state index contributed by atoms with van der Waals surface area (Å²) in [4.78, 5) is 31.8. The van der Waals surface area contributed by atoms with E-state index in [0.29, 0.717) is 0 Å². The molecule has 0 radical (unpaired) electrons. The molecule has 16 heavy (non-hydrogen) atoms. The predicted molar refractivity (Wildman–Crippen MR) is 55.7 cm³/mol. The Morgan fingerprint density at radius 1 is 1.38 bits per heavy atom. The van der Waals surface area contributed by atoms with Crippen molar-refractivity contribution < 1.29 is 14.3 Å². The van der Waals surface area contributed by atoms with Crippen LogP contribution < -0.4 is 0 Å². The molecule has 0 saturated heterocycles. The van der Waals surface area contributed by atoms with E-state index in [4.69, 9.17) is 0 Å². The Morgan fingerprint density at radius 3 is 2.56 bits per heavy atom. The van der Waals surface area contributed by atoms with Gasteiger partial charge in [-0.15, -0.1) is 0 Å². The van der Waals surface area contributed by atoms with E-state index in [1.54, 1.807) is 6.92 Å². The van der Waals surface area contributed by atoms with Crippen LogP contribution in [0.2, 0.25) is 0 Å². The number of hydrogen-bond acceptors (Lipinski definition) is 5. The van der Waals surface area contributed by atoms with Gasteiger partial charge in [0.15, 0.2) is 0 Å². The minimum Gasteiger partial charge on any atom is -0.468 e. The smallest absolute Gasteiger partial charge is 0.325 e. The molecule has 0 aliphatic heterocycles. The predicted octanol–water partition coefficient (Wildman–Crippen LogP) is 0.0300. The molecule has 1 amide bonds. The van der Waals surface area contributed by atoms with Gasteiger partial charge in [-0.25, -0.2) is 4.98 Å². The highest BCUT2D eigenvalue weighted by molar-refractivity contribution is 5.93. The maximum atomic E-state index is 11.7. The average Bonchev–Trinajstić information content (AvgIpc) is 2.28. The van der Waals surface area contributed by atoms with Crippen LogP contribution >= 0.6 is 0 Å². The molecule has 0 unspecified atom stereocenters. The van der Waals surface area contributed by atoms with Crippen molar-refractivity contribution >= 4 is 11.9 Å². The lowest BCUT2D eigenvalue weighted by Gasteiger charge is -2.14. The summed E-state index contributed by atoms with van der Waals surface area (Å²) in [5.74, 6) is -0.839. The zero-order valence-electron chi connectivity index (χ0n) is 9.43. The highest BCUT2D eigenvalue weighted by atomic mass is 16.5. The number of carbonyl (C=O) groups excluding carboxylic acids is 2. The van der Waals surface area contributed by atoms with Crippen molar-refractivity contribution in [1.29, 1.82) is 0 Å². The lowest BCUT2D eigenvalue weighted by molar-refractivity contribution is -0.141. The molecule has 0 aliphatic rings. The maximum absolute atomic E-state index is 11.7. The molecule has 0 N–H and O–H groups in total. The molecule has 6 nitrogen and oxygen atoms in total. The van der Waals surface area contributed by atoms with Crippen molar-refractivity contribution in [3.63, 3.8) is 0 Å². The molecule has 1 aromatic rings. The molecule has 0 aliphatic carbocycles. The van der Waals surface area contributed by atoms with Crippen LogP contribution in [0.5, 0.6) is 0 Å². The maximum Gasteiger partial charge on any atom is 0.325 e. The van der Waals surface area contributed by atoms with Crippen LogP contribution in [0.15, 0.2) is 12.4 Å². The number of aromatic nitrogens is 2.